The van der Waals surface area contributed by atoms with E-state index in [1.54, 1.807) is 12.1 Å². The lowest BCUT2D eigenvalue weighted by Crippen LogP contribution is -2.19. The van der Waals surface area contributed by atoms with Crippen LogP contribution in [0, 0.1) is 0 Å². The number of hydrogen-bond acceptors (Lipinski definition) is 6. The predicted molar refractivity (Wildman–Crippen MR) is 115 cm³/mol. The zero-order valence-corrected chi connectivity index (χ0v) is 17.1. The molecule has 2 heterocycles. The number of fused-ring (bicyclic) bond motifs is 1. The molecule has 1 aromatic heterocycles. The lowest BCUT2D eigenvalue weighted by atomic mass is 9.96. The van der Waals surface area contributed by atoms with Crippen LogP contribution in [0.2, 0.25) is 5.02 Å². The quantitative estimate of drug-likeness (QED) is 0.574. The zero-order valence-electron chi connectivity index (χ0n) is 16.4. The van der Waals surface area contributed by atoms with Crippen molar-refractivity contribution in [3.05, 3.63) is 58.9 Å². The molecule has 8 heteroatoms. The Morgan fingerprint density at radius 2 is 1.55 bits per heavy atom. The molecular weight excluding hydrogens is 388 g/mol. The number of halogens is 1. The van der Waals surface area contributed by atoms with Gasteiger partial charge in [0, 0.05) is 27.5 Å². The van der Waals surface area contributed by atoms with Gasteiger partial charge in [0.15, 0.2) is 0 Å². The number of rotatable bonds is 4. The van der Waals surface area contributed by atoms with Gasteiger partial charge in [-0.05, 0) is 42.0 Å². The summed E-state index contributed by atoms with van der Waals surface area (Å²) in [5, 5.41) is 9.93. The number of nitrogens with zero attached hydrogens (tertiary/aromatic N) is 3. The fraction of sp³-hybridized carbons (Fsp3) is 0.238. The van der Waals surface area contributed by atoms with Crippen molar-refractivity contribution in [2.45, 2.75) is 32.6 Å². The monoisotopic (exact) mass is 408 g/mol. The fourth-order valence-corrected chi connectivity index (χ4v) is 3.03. The first-order valence-electron chi connectivity index (χ1n) is 9.25. The maximum Gasteiger partial charge on any atom is 0.232 e. The molecule has 3 aromatic rings. The van der Waals surface area contributed by atoms with Gasteiger partial charge < -0.3 is 16.0 Å². The van der Waals surface area contributed by atoms with Crippen molar-refractivity contribution in [1.29, 1.82) is 0 Å². The third kappa shape index (κ3) is 4.46. The highest BCUT2D eigenvalue weighted by Gasteiger charge is 2.21. The number of carbonyl (C=O) groups is 1. The van der Waals surface area contributed by atoms with Gasteiger partial charge in [0.05, 0.1) is 6.42 Å². The van der Waals surface area contributed by atoms with E-state index in [1.807, 2.05) is 51.1 Å². The third-order valence-corrected chi connectivity index (χ3v) is 4.65. The summed E-state index contributed by atoms with van der Waals surface area (Å²) in [6.07, 6.45) is 0.407. The number of nitrogens with one attached hydrogen (secondary N) is 3. The van der Waals surface area contributed by atoms with Gasteiger partial charge in [-0.3, -0.25) is 4.79 Å². The van der Waals surface area contributed by atoms with E-state index in [2.05, 4.69) is 30.9 Å². The van der Waals surface area contributed by atoms with Crippen LogP contribution < -0.4 is 16.0 Å². The molecule has 2 aromatic carbocycles. The Kier molecular flexibility index (Phi) is 4.84. The Morgan fingerprint density at radius 3 is 2.21 bits per heavy atom. The molecule has 0 unspecified atom stereocenters. The number of anilines is 5. The van der Waals surface area contributed by atoms with Gasteiger partial charge in [-0.25, -0.2) is 0 Å². The van der Waals surface area contributed by atoms with Crippen molar-refractivity contribution in [2.24, 2.45) is 0 Å². The SMILES string of the molecule is CC(C)(C)c1nc(Nc2ccc(Cl)cc2)nc(Nc2ccc3c(c2)NC(=O)C3)n1. The highest BCUT2D eigenvalue weighted by molar-refractivity contribution is 6.30. The van der Waals surface area contributed by atoms with Crippen LogP contribution in [-0.2, 0) is 16.6 Å². The van der Waals surface area contributed by atoms with Crippen LogP contribution in [0.3, 0.4) is 0 Å². The van der Waals surface area contributed by atoms with Gasteiger partial charge >= 0.3 is 0 Å². The first kappa shape index (κ1) is 19.1. The van der Waals surface area contributed by atoms with Crippen molar-refractivity contribution in [3.63, 3.8) is 0 Å². The summed E-state index contributed by atoms with van der Waals surface area (Å²) in [5.74, 6) is 1.51. The Bertz CT molecular complexity index is 1080. The molecular formula is C21H21ClN6O. The van der Waals surface area contributed by atoms with E-state index >= 15 is 0 Å². The van der Waals surface area contributed by atoms with E-state index in [-0.39, 0.29) is 11.3 Å². The topological polar surface area (TPSA) is 91.8 Å². The second-order valence-electron chi connectivity index (χ2n) is 7.91. The highest BCUT2D eigenvalue weighted by atomic mass is 35.5. The number of aromatic nitrogens is 3. The van der Waals surface area contributed by atoms with Gasteiger partial charge in [-0.15, -0.1) is 0 Å². The molecule has 29 heavy (non-hydrogen) atoms. The first-order chi connectivity index (χ1) is 13.8. The maximum absolute atomic E-state index is 11.6. The predicted octanol–water partition coefficient (Wildman–Crippen LogP) is 4.80. The summed E-state index contributed by atoms with van der Waals surface area (Å²) in [6.45, 7) is 6.13. The van der Waals surface area contributed by atoms with Crippen molar-refractivity contribution in [3.8, 4) is 0 Å². The molecule has 1 aliphatic rings. The van der Waals surface area contributed by atoms with Crippen LogP contribution in [-0.4, -0.2) is 20.9 Å². The van der Waals surface area contributed by atoms with Gasteiger partial charge in [0.2, 0.25) is 17.8 Å². The third-order valence-electron chi connectivity index (χ3n) is 4.40. The van der Waals surface area contributed by atoms with Crippen LogP contribution in [0.4, 0.5) is 29.0 Å². The molecule has 1 aliphatic heterocycles. The Morgan fingerprint density at radius 1 is 0.931 bits per heavy atom. The average molecular weight is 409 g/mol. The van der Waals surface area contributed by atoms with Gasteiger partial charge in [-0.1, -0.05) is 38.4 Å². The fourth-order valence-electron chi connectivity index (χ4n) is 2.91. The lowest BCUT2D eigenvalue weighted by molar-refractivity contribution is -0.115. The van der Waals surface area contributed by atoms with Crippen molar-refractivity contribution >= 4 is 46.5 Å². The van der Waals surface area contributed by atoms with E-state index in [9.17, 15) is 4.79 Å². The van der Waals surface area contributed by atoms with Crippen LogP contribution in [0.1, 0.15) is 32.2 Å². The van der Waals surface area contributed by atoms with Crippen LogP contribution in [0.25, 0.3) is 0 Å². The first-order valence-corrected chi connectivity index (χ1v) is 9.63. The van der Waals surface area contributed by atoms with Crippen molar-refractivity contribution in [2.75, 3.05) is 16.0 Å². The average Bonchev–Trinajstić information content (AvgIpc) is 3.02. The summed E-state index contributed by atoms with van der Waals surface area (Å²) in [4.78, 5) is 25.2. The Labute approximate surface area is 174 Å². The molecule has 0 bridgehead atoms. The highest BCUT2D eigenvalue weighted by Crippen LogP contribution is 2.28. The number of hydrogen-bond donors (Lipinski definition) is 3. The minimum atomic E-state index is -0.262. The number of benzene rings is 2. The summed E-state index contributed by atoms with van der Waals surface area (Å²) < 4.78 is 0. The summed E-state index contributed by atoms with van der Waals surface area (Å²) in [7, 11) is 0. The number of carbonyl (C=O) groups excluding carboxylic acids is 1. The lowest BCUT2D eigenvalue weighted by Gasteiger charge is -2.18. The second-order valence-corrected chi connectivity index (χ2v) is 8.35. The molecule has 0 spiro atoms. The van der Waals surface area contributed by atoms with Crippen molar-refractivity contribution < 1.29 is 4.79 Å². The van der Waals surface area contributed by atoms with E-state index < -0.39 is 0 Å². The Hall–Kier alpha value is -3.19. The summed E-state index contributed by atoms with van der Waals surface area (Å²) in [5.41, 5.74) is 3.14. The van der Waals surface area contributed by atoms with E-state index in [1.165, 1.54) is 0 Å². The molecule has 0 saturated heterocycles. The molecule has 3 N–H and O–H groups in total. The van der Waals surface area contributed by atoms with E-state index in [0.717, 1.165) is 22.6 Å². The molecule has 148 valence electrons. The molecule has 0 saturated carbocycles. The molecule has 0 fully saturated rings. The number of amides is 1. The minimum Gasteiger partial charge on any atom is -0.325 e. The van der Waals surface area contributed by atoms with Gasteiger partial charge in [-0.2, -0.15) is 15.0 Å². The second kappa shape index (κ2) is 7.33. The van der Waals surface area contributed by atoms with Crippen LogP contribution in [0.5, 0.6) is 0 Å². The molecule has 4 rings (SSSR count). The summed E-state index contributed by atoms with van der Waals surface area (Å²) >= 11 is 5.96. The van der Waals surface area contributed by atoms with Crippen molar-refractivity contribution in [1.82, 2.24) is 15.0 Å². The molecule has 0 radical (unpaired) electrons. The van der Waals surface area contributed by atoms with Crippen LogP contribution >= 0.6 is 11.6 Å². The zero-order chi connectivity index (χ0) is 20.6. The standard InChI is InChI=1S/C21H21ClN6O/c1-21(2,3)18-26-19(23-14-8-5-13(22)6-9-14)28-20(27-18)24-15-7-4-12-10-17(29)25-16(12)11-15/h4-9,11H,10H2,1-3H3,(H,25,29)(H2,23,24,26,27,28). The molecule has 0 atom stereocenters. The molecule has 1 amide bonds. The Balaban J connectivity index is 1.64. The largest absolute Gasteiger partial charge is 0.325 e. The maximum atomic E-state index is 11.6. The normalized spacial score (nSPS) is 13.0. The molecule has 7 nitrogen and oxygen atoms in total. The van der Waals surface area contributed by atoms with E-state index in [4.69, 9.17) is 11.6 Å². The summed E-state index contributed by atoms with van der Waals surface area (Å²) in [6, 6.07) is 13.0. The van der Waals surface area contributed by atoms with Crippen LogP contribution in [0.15, 0.2) is 42.5 Å². The van der Waals surface area contributed by atoms with Gasteiger partial charge in [0.1, 0.15) is 5.82 Å². The smallest absolute Gasteiger partial charge is 0.232 e. The molecule has 0 aliphatic carbocycles. The van der Waals surface area contributed by atoms with E-state index in [0.29, 0.717) is 29.2 Å². The van der Waals surface area contributed by atoms with Gasteiger partial charge in [0.25, 0.3) is 0 Å². The minimum absolute atomic E-state index is 0.00165.